The lowest BCUT2D eigenvalue weighted by Crippen LogP contribution is -2.41. The first kappa shape index (κ1) is 15.9. The predicted octanol–water partition coefficient (Wildman–Crippen LogP) is 1.71. The Morgan fingerprint density at radius 3 is 2.57 bits per heavy atom. The van der Waals surface area contributed by atoms with Gasteiger partial charge in [0.15, 0.2) is 0 Å². The van der Waals surface area contributed by atoms with Crippen LogP contribution in [0, 0.1) is 0 Å². The van der Waals surface area contributed by atoms with Crippen LogP contribution in [0.15, 0.2) is 23.1 Å². The van der Waals surface area contributed by atoms with Crippen LogP contribution in [0.1, 0.15) is 12.8 Å². The van der Waals surface area contributed by atoms with E-state index in [2.05, 4.69) is 4.72 Å². The number of hydrogen-bond acceptors (Lipinski definition) is 4. The van der Waals surface area contributed by atoms with Crippen molar-refractivity contribution in [2.24, 2.45) is 0 Å². The van der Waals surface area contributed by atoms with Crippen molar-refractivity contribution in [1.29, 1.82) is 0 Å². The lowest BCUT2D eigenvalue weighted by atomic mass is 10.2. The van der Waals surface area contributed by atoms with Crippen molar-refractivity contribution in [1.82, 2.24) is 4.72 Å². The van der Waals surface area contributed by atoms with Gasteiger partial charge in [-0.2, -0.15) is 13.2 Å². The van der Waals surface area contributed by atoms with Gasteiger partial charge >= 0.3 is 6.18 Å². The molecule has 5 nitrogen and oxygen atoms in total. The molecule has 1 atom stereocenters. The SMILES string of the molecule is CNS(=O)(=O)c1ccc(N2CCC[C@@H]2C(F)(F)F)c(N)c1. The van der Waals surface area contributed by atoms with E-state index in [4.69, 9.17) is 5.73 Å². The highest BCUT2D eigenvalue weighted by atomic mass is 32.2. The minimum Gasteiger partial charge on any atom is -0.397 e. The number of anilines is 2. The first-order valence-electron chi connectivity index (χ1n) is 6.33. The maximum absolute atomic E-state index is 13.0. The molecule has 3 N–H and O–H groups in total. The lowest BCUT2D eigenvalue weighted by Gasteiger charge is -2.29. The van der Waals surface area contributed by atoms with Crippen molar-refractivity contribution in [2.75, 3.05) is 24.2 Å². The average molecular weight is 323 g/mol. The summed E-state index contributed by atoms with van der Waals surface area (Å²) in [4.78, 5) is 1.11. The number of nitrogens with zero attached hydrogens (tertiary/aromatic N) is 1. The minimum absolute atomic E-state index is 0.0134. The zero-order chi connectivity index (χ0) is 15.8. The van der Waals surface area contributed by atoms with Gasteiger partial charge < -0.3 is 10.6 Å². The summed E-state index contributed by atoms with van der Waals surface area (Å²) in [5.41, 5.74) is 5.99. The van der Waals surface area contributed by atoms with Crippen LogP contribution < -0.4 is 15.4 Å². The van der Waals surface area contributed by atoms with Crippen LogP contribution in [0.5, 0.6) is 0 Å². The number of alkyl halides is 3. The first-order chi connectivity index (χ1) is 9.66. The summed E-state index contributed by atoms with van der Waals surface area (Å²) < 4.78 is 64.3. The van der Waals surface area contributed by atoms with Gasteiger partial charge in [0.1, 0.15) is 6.04 Å². The molecule has 0 spiro atoms. The normalized spacial score (nSPS) is 20.0. The van der Waals surface area contributed by atoms with Gasteiger partial charge in [0.2, 0.25) is 10.0 Å². The number of sulfonamides is 1. The van der Waals surface area contributed by atoms with Crippen LogP contribution in [0.25, 0.3) is 0 Å². The molecule has 1 aliphatic heterocycles. The summed E-state index contributed by atoms with van der Waals surface area (Å²) in [6, 6.07) is 2.17. The zero-order valence-corrected chi connectivity index (χ0v) is 12.1. The van der Waals surface area contributed by atoms with Crippen LogP contribution in [-0.4, -0.2) is 34.2 Å². The molecule has 0 saturated carbocycles. The van der Waals surface area contributed by atoms with E-state index in [0.29, 0.717) is 6.42 Å². The van der Waals surface area contributed by atoms with E-state index in [1.54, 1.807) is 0 Å². The molecule has 0 aromatic heterocycles. The fourth-order valence-electron chi connectivity index (χ4n) is 2.47. The van der Waals surface area contributed by atoms with E-state index in [9.17, 15) is 21.6 Å². The monoisotopic (exact) mass is 323 g/mol. The second kappa shape index (κ2) is 5.38. The largest absolute Gasteiger partial charge is 0.408 e. The fourth-order valence-corrected chi connectivity index (χ4v) is 3.24. The Bertz CT molecular complexity index is 631. The quantitative estimate of drug-likeness (QED) is 0.831. The molecule has 2 rings (SSSR count). The van der Waals surface area contributed by atoms with Crippen molar-refractivity contribution in [3.63, 3.8) is 0 Å². The number of nitrogens with one attached hydrogen (secondary N) is 1. The number of benzene rings is 1. The Balaban J connectivity index is 2.38. The van der Waals surface area contributed by atoms with Gasteiger partial charge in [0, 0.05) is 6.54 Å². The topological polar surface area (TPSA) is 75.4 Å². The van der Waals surface area contributed by atoms with Crippen LogP contribution in [-0.2, 0) is 10.0 Å². The van der Waals surface area contributed by atoms with Crippen LogP contribution in [0.3, 0.4) is 0 Å². The molecule has 1 saturated heterocycles. The van der Waals surface area contributed by atoms with Crippen LogP contribution in [0.2, 0.25) is 0 Å². The Morgan fingerprint density at radius 1 is 1.38 bits per heavy atom. The van der Waals surface area contributed by atoms with E-state index < -0.39 is 22.2 Å². The molecule has 1 aromatic carbocycles. The summed E-state index contributed by atoms with van der Waals surface area (Å²) in [6.07, 6.45) is -3.90. The molecule has 0 aliphatic carbocycles. The molecule has 0 unspecified atom stereocenters. The third-order valence-corrected chi connectivity index (χ3v) is 4.93. The lowest BCUT2D eigenvalue weighted by molar-refractivity contribution is -0.145. The van der Waals surface area contributed by atoms with Crippen LogP contribution >= 0.6 is 0 Å². The summed E-state index contributed by atoms with van der Waals surface area (Å²) in [6.45, 7) is 0.243. The van der Waals surface area contributed by atoms with Crippen molar-refractivity contribution < 1.29 is 21.6 Å². The molecule has 1 aromatic rings. The third kappa shape index (κ3) is 3.08. The molecule has 118 valence electrons. The molecule has 1 fully saturated rings. The molecule has 0 radical (unpaired) electrons. The number of rotatable bonds is 3. The standard InChI is InChI=1S/C12H16F3N3O2S/c1-17-21(19,20)8-4-5-10(9(16)7-8)18-6-2-3-11(18)12(13,14)15/h4-5,7,11,17H,2-3,6,16H2,1H3/t11-/m1/s1. The molecular formula is C12H16F3N3O2S. The van der Waals surface area contributed by atoms with Gasteiger partial charge in [0.25, 0.3) is 0 Å². The van der Waals surface area contributed by atoms with Gasteiger partial charge in [-0.25, -0.2) is 13.1 Å². The fraction of sp³-hybridized carbons (Fsp3) is 0.500. The second-order valence-electron chi connectivity index (χ2n) is 4.82. The van der Waals surface area contributed by atoms with Gasteiger partial charge in [0.05, 0.1) is 16.3 Å². The van der Waals surface area contributed by atoms with Gasteiger partial charge in [-0.1, -0.05) is 0 Å². The number of hydrogen-bond donors (Lipinski definition) is 2. The van der Waals surface area contributed by atoms with Gasteiger partial charge in [-0.15, -0.1) is 0 Å². The van der Waals surface area contributed by atoms with Crippen molar-refractivity contribution in [2.45, 2.75) is 30.0 Å². The predicted molar refractivity (Wildman–Crippen MR) is 73.5 cm³/mol. The molecule has 21 heavy (non-hydrogen) atoms. The molecule has 9 heteroatoms. The maximum atomic E-state index is 13.0. The van der Waals surface area contributed by atoms with Crippen molar-refractivity contribution in [3.8, 4) is 0 Å². The summed E-state index contributed by atoms with van der Waals surface area (Å²) in [7, 11) is -2.42. The van der Waals surface area contributed by atoms with Crippen molar-refractivity contribution >= 4 is 21.4 Å². The van der Waals surface area contributed by atoms with E-state index in [0.717, 1.165) is 0 Å². The van der Waals surface area contributed by atoms with Crippen LogP contribution in [0.4, 0.5) is 24.5 Å². The number of nitrogen functional groups attached to an aromatic ring is 1. The van der Waals surface area contributed by atoms with E-state index in [-0.39, 0.29) is 29.2 Å². The summed E-state index contributed by atoms with van der Waals surface area (Å²) >= 11 is 0. The third-order valence-electron chi connectivity index (χ3n) is 3.52. The highest BCUT2D eigenvalue weighted by Gasteiger charge is 2.46. The minimum atomic E-state index is -4.33. The van der Waals surface area contributed by atoms with E-state index in [1.807, 2.05) is 0 Å². The summed E-state index contributed by atoms with van der Waals surface area (Å²) in [5.74, 6) is 0. The smallest absolute Gasteiger partial charge is 0.397 e. The number of nitrogens with two attached hydrogens (primary N) is 1. The molecule has 1 aliphatic rings. The molecule has 0 amide bonds. The highest BCUT2D eigenvalue weighted by Crippen LogP contribution is 2.38. The maximum Gasteiger partial charge on any atom is 0.408 e. The number of halogens is 3. The Kier molecular flexibility index (Phi) is 4.07. The average Bonchev–Trinajstić information content (AvgIpc) is 2.87. The van der Waals surface area contributed by atoms with E-state index in [1.165, 1.54) is 30.1 Å². The zero-order valence-electron chi connectivity index (χ0n) is 11.3. The first-order valence-corrected chi connectivity index (χ1v) is 7.81. The Hall–Kier alpha value is -1.48. The van der Waals surface area contributed by atoms with Gasteiger partial charge in [-0.05, 0) is 38.1 Å². The molecule has 0 bridgehead atoms. The Labute approximate surface area is 121 Å². The molecule has 1 heterocycles. The summed E-state index contributed by atoms with van der Waals surface area (Å²) in [5, 5.41) is 0. The van der Waals surface area contributed by atoms with Gasteiger partial charge in [-0.3, -0.25) is 0 Å². The van der Waals surface area contributed by atoms with Crippen molar-refractivity contribution in [3.05, 3.63) is 18.2 Å². The second-order valence-corrected chi connectivity index (χ2v) is 6.71. The highest BCUT2D eigenvalue weighted by molar-refractivity contribution is 7.89. The Morgan fingerprint density at radius 2 is 2.05 bits per heavy atom. The van der Waals surface area contributed by atoms with E-state index >= 15 is 0 Å². The molecular weight excluding hydrogens is 307 g/mol.